The van der Waals surface area contributed by atoms with Gasteiger partial charge in [-0.1, -0.05) is 13.2 Å². The molecule has 0 aromatic carbocycles. The monoisotopic (exact) mass is 214 g/mol. The summed E-state index contributed by atoms with van der Waals surface area (Å²) < 4.78 is 15.8. The van der Waals surface area contributed by atoms with Gasteiger partial charge in [0.05, 0.1) is 24.7 Å². The van der Waals surface area contributed by atoms with E-state index in [1.807, 2.05) is 13.8 Å². The molecule has 0 saturated carbocycles. The van der Waals surface area contributed by atoms with Crippen LogP contribution in [0.15, 0.2) is 24.7 Å². The molecular weight excluding hydrogens is 192 g/mol. The first-order chi connectivity index (χ1) is 7.20. The Balaban J connectivity index is 3.45. The van der Waals surface area contributed by atoms with Gasteiger partial charge in [0.1, 0.15) is 0 Å². The molecule has 0 heterocycles. The minimum Gasteiger partial charge on any atom is -0.467 e. The average molecular weight is 214 g/mol. The topological polar surface area (TPSA) is 27.7 Å². The summed E-state index contributed by atoms with van der Waals surface area (Å²) in [7, 11) is 0. The smallest absolute Gasteiger partial charge is 0.0987 e. The van der Waals surface area contributed by atoms with Gasteiger partial charge in [0, 0.05) is 26.1 Å². The molecule has 0 unspecified atom stereocenters. The highest BCUT2D eigenvalue weighted by Crippen LogP contribution is 2.09. The molecule has 0 aromatic rings. The summed E-state index contributed by atoms with van der Waals surface area (Å²) in [6, 6.07) is 0. The first-order valence-corrected chi connectivity index (χ1v) is 5.39. The average Bonchev–Trinajstić information content (AvgIpc) is 2.18. The van der Waals surface area contributed by atoms with Crippen LogP contribution in [0.1, 0.15) is 26.7 Å². The standard InChI is InChI=1S/C12H22O3/c1-5-13-9-7-11(3)15-12(4)8-10-14-6-2/h3-10H2,1-2H3. The minimum absolute atomic E-state index is 0.647. The van der Waals surface area contributed by atoms with Crippen LogP contribution in [0.4, 0.5) is 0 Å². The molecule has 0 fully saturated rings. The Hall–Kier alpha value is -0.800. The van der Waals surface area contributed by atoms with E-state index in [0.717, 1.165) is 13.2 Å². The van der Waals surface area contributed by atoms with Gasteiger partial charge in [0.15, 0.2) is 0 Å². The van der Waals surface area contributed by atoms with Gasteiger partial charge in [-0.25, -0.2) is 0 Å². The van der Waals surface area contributed by atoms with E-state index >= 15 is 0 Å². The second-order valence-corrected chi connectivity index (χ2v) is 3.07. The molecular formula is C12H22O3. The zero-order valence-corrected chi connectivity index (χ0v) is 9.88. The van der Waals surface area contributed by atoms with Crippen molar-refractivity contribution in [2.75, 3.05) is 26.4 Å². The predicted octanol–water partition coefficient (Wildman–Crippen LogP) is 2.88. The van der Waals surface area contributed by atoms with Gasteiger partial charge in [0.2, 0.25) is 0 Å². The molecule has 0 spiro atoms. The third-order valence-electron chi connectivity index (χ3n) is 1.75. The van der Waals surface area contributed by atoms with E-state index < -0.39 is 0 Å². The second kappa shape index (κ2) is 9.74. The highest BCUT2D eigenvalue weighted by atomic mass is 16.5. The fourth-order valence-corrected chi connectivity index (χ4v) is 0.967. The van der Waals surface area contributed by atoms with Crippen molar-refractivity contribution in [1.29, 1.82) is 0 Å². The van der Waals surface area contributed by atoms with Crippen LogP contribution in [0, 0.1) is 0 Å². The molecule has 0 saturated heterocycles. The molecule has 0 rings (SSSR count). The fraction of sp³-hybridized carbons (Fsp3) is 0.667. The van der Waals surface area contributed by atoms with Crippen molar-refractivity contribution in [2.24, 2.45) is 0 Å². The molecule has 88 valence electrons. The molecule has 0 aliphatic rings. The van der Waals surface area contributed by atoms with E-state index in [1.54, 1.807) is 0 Å². The molecule has 0 radical (unpaired) electrons. The Morgan fingerprint density at radius 1 is 0.867 bits per heavy atom. The third kappa shape index (κ3) is 9.50. The Kier molecular flexibility index (Phi) is 9.22. The van der Waals surface area contributed by atoms with Gasteiger partial charge >= 0.3 is 0 Å². The predicted molar refractivity (Wildman–Crippen MR) is 61.6 cm³/mol. The summed E-state index contributed by atoms with van der Waals surface area (Å²) >= 11 is 0. The van der Waals surface area contributed by atoms with Crippen LogP contribution in [0.2, 0.25) is 0 Å². The maximum absolute atomic E-state index is 5.39. The van der Waals surface area contributed by atoms with E-state index in [9.17, 15) is 0 Å². The SMILES string of the molecule is C=C(CCOCC)OC(=C)CCOCC. The molecule has 15 heavy (non-hydrogen) atoms. The second-order valence-electron chi connectivity index (χ2n) is 3.07. The molecule has 0 atom stereocenters. The van der Waals surface area contributed by atoms with Crippen LogP contribution in [-0.2, 0) is 14.2 Å². The summed E-state index contributed by atoms with van der Waals surface area (Å²) in [5.41, 5.74) is 0. The highest BCUT2D eigenvalue weighted by Gasteiger charge is 1.99. The number of hydrogen-bond donors (Lipinski definition) is 0. The third-order valence-corrected chi connectivity index (χ3v) is 1.75. The Morgan fingerprint density at radius 2 is 1.27 bits per heavy atom. The molecule has 0 aliphatic carbocycles. The zero-order chi connectivity index (χ0) is 11.5. The first kappa shape index (κ1) is 14.2. The van der Waals surface area contributed by atoms with Crippen LogP contribution in [-0.4, -0.2) is 26.4 Å². The van der Waals surface area contributed by atoms with Gasteiger partial charge in [0.25, 0.3) is 0 Å². The van der Waals surface area contributed by atoms with Gasteiger partial charge in [-0.2, -0.15) is 0 Å². The lowest BCUT2D eigenvalue weighted by atomic mass is 10.3. The van der Waals surface area contributed by atoms with Crippen molar-refractivity contribution >= 4 is 0 Å². The summed E-state index contributed by atoms with van der Waals surface area (Å²) in [6.07, 6.45) is 1.42. The van der Waals surface area contributed by atoms with Gasteiger partial charge in [-0.15, -0.1) is 0 Å². The normalized spacial score (nSPS) is 10.0. The van der Waals surface area contributed by atoms with Gasteiger partial charge in [-0.3, -0.25) is 0 Å². The van der Waals surface area contributed by atoms with Gasteiger partial charge < -0.3 is 14.2 Å². The lowest BCUT2D eigenvalue weighted by Gasteiger charge is -2.11. The van der Waals surface area contributed by atoms with E-state index in [0.29, 0.717) is 37.6 Å². The number of ether oxygens (including phenoxy) is 3. The van der Waals surface area contributed by atoms with Crippen LogP contribution in [0.3, 0.4) is 0 Å². The molecule has 0 N–H and O–H groups in total. The first-order valence-electron chi connectivity index (χ1n) is 5.39. The molecule has 0 bridgehead atoms. The van der Waals surface area contributed by atoms with Crippen molar-refractivity contribution in [3.05, 3.63) is 24.7 Å². The van der Waals surface area contributed by atoms with Crippen molar-refractivity contribution in [2.45, 2.75) is 26.7 Å². The van der Waals surface area contributed by atoms with Crippen molar-refractivity contribution in [1.82, 2.24) is 0 Å². The Labute approximate surface area is 92.7 Å². The molecule has 3 nitrogen and oxygen atoms in total. The summed E-state index contributed by atoms with van der Waals surface area (Å²) in [5.74, 6) is 1.40. The quantitative estimate of drug-likeness (QED) is 0.413. The van der Waals surface area contributed by atoms with E-state index in [1.165, 1.54) is 0 Å². The van der Waals surface area contributed by atoms with E-state index in [-0.39, 0.29) is 0 Å². The summed E-state index contributed by atoms with van der Waals surface area (Å²) in [5, 5.41) is 0. The zero-order valence-electron chi connectivity index (χ0n) is 9.88. The molecule has 0 amide bonds. The number of rotatable bonds is 10. The molecule has 3 heteroatoms. The lowest BCUT2D eigenvalue weighted by Crippen LogP contribution is -2.01. The van der Waals surface area contributed by atoms with Crippen LogP contribution >= 0.6 is 0 Å². The van der Waals surface area contributed by atoms with Crippen molar-refractivity contribution in [3.63, 3.8) is 0 Å². The maximum atomic E-state index is 5.39. The maximum Gasteiger partial charge on any atom is 0.0987 e. The van der Waals surface area contributed by atoms with Crippen LogP contribution < -0.4 is 0 Å². The van der Waals surface area contributed by atoms with Crippen molar-refractivity contribution in [3.8, 4) is 0 Å². The Morgan fingerprint density at radius 3 is 1.60 bits per heavy atom. The highest BCUT2D eigenvalue weighted by molar-refractivity contribution is 4.93. The number of hydrogen-bond acceptors (Lipinski definition) is 3. The minimum atomic E-state index is 0.647. The molecule has 0 aromatic heterocycles. The lowest BCUT2D eigenvalue weighted by molar-refractivity contribution is 0.125. The van der Waals surface area contributed by atoms with Gasteiger partial charge in [-0.05, 0) is 13.8 Å². The summed E-state index contributed by atoms with van der Waals surface area (Å²) in [6.45, 7) is 14.2. The Bertz CT molecular complexity index is 167. The van der Waals surface area contributed by atoms with Crippen molar-refractivity contribution < 1.29 is 14.2 Å². The van der Waals surface area contributed by atoms with E-state index in [4.69, 9.17) is 14.2 Å². The van der Waals surface area contributed by atoms with E-state index in [2.05, 4.69) is 13.2 Å². The van der Waals surface area contributed by atoms with Crippen LogP contribution in [0.25, 0.3) is 0 Å². The fourth-order valence-electron chi connectivity index (χ4n) is 0.967. The molecule has 0 aliphatic heterocycles. The largest absolute Gasteiger partial charge is 0.467 e. The van der Waals surface area contributed by atoms with Crippen LogP contribution in [0.5, 0.6) is 0 Å². The summed E-state index contributed by atoms with van der Waals surface area (Å²) in [4.78, 5) is 0.